The highest BCUT2D eigenvalue weighted by molar-refractivity contribution is 7.91. The first-order chi connectivity index (χ1) is 9.98. The molecule has 3 unspecified atom stereocenters. The van der Waals surface area contributed by atoms with E-state index in [1.165, 1.54) is 0 Å². The average molecular weight is 313 g/mol. The molecule has 0 aromatic heterocycles. The fourth-order valence-electron chi connectivity index (χ4n) is 4.12. The Hall–Kier alpha value is -0.910. The number of Topliss-reactive ketones (excluding diaryl/α,β-unsaturated/α-hetero) is 1. The maximum Gasteiger partial charge on any atom is 0.227 e. The first-order valence-corrected chi connectivity index (χ1v) is 9.84. The van der Waals surface area contributed by atoms with E-state index in [9.17, 15) is 18.0 Å². The van der Waals surface area contributed by atoms with Crippen molar-refractivity contribution in [1.29, 1.82) is 0 Å². The molecule has 2 saturated heterocycles. The van der Waals surface area contributed by atoms with Crippen molar-refractivity contribution >= 4 is 21.5 Å². The summed E-state index contributed by atoms with van der Waals surface area (Å²) in [4.78, 5) is 26.6. The van der Waals surface area contributed by atoms with Crippen LogP contribution in [0.5, 0.6) is 0 Å². The van der Waals surface area contributed by atoms with E-state index in [-0.39, 0.29) is 35.3 Å². The number of amides is 1. The summed E-state index contributed by atoms with van der Waals surface area (Å²) in [6.07, 6.45) is 5.81. The topological polar surface area (TPSA) is 71.5 Å². The van der Waals surface area contributed by atoms with Crippen LogP contribution in [0.2, 0.25) is 0 Å². The third kappa shape index (κ3) is 3.00. The third-order valence-corrected chi connectivity index (χ3v) is 7.00. The van der Waals surface area contributed by atoms with E-state index in [0.717, 1.165) is 32.1 Å². The lowest BCUT2D eigenvalue weighted by Crippen LogP contribution is -2.50. The van der Waals surface area contributed by atoms with Crippen LogP contribution in [-0.2, 0) is 19.4 Å². The number of hydrogen-bond acceptors (Lipinski definition) is 4. The Balaban J connectivity index is 1.75. The number of carbonyl (C=O) groups excluding carboxylic acids is 2. The zero-order chi connectivity index (χ0) is 15.0. The molecule has 118 valence electrons. The van der Waals surface area contributed by atoms with Gasteiger partial charge in [0.05, 0.1) is 17.4 Å². The molecule has 3 atom stereocenters. The lowest BCUT2D eigenvalue weighted by Gasteiger charge is -2.40. The number of ketones is 1. The van der Waals surface area contributed by atoms with Crippen LogP contribution in [0.25, 0.3) is 0 Å². The van der Waals surface area contributed by atoms with Gasteiger partial charge in [0.2, 0.25) is 5.91 Å². The van der Waals surface area contributed by atoms with E-state index in [2.05, 4.69) is 0 Å². The molecule has 3 aliphatic rings. The molecule has 0 aromatic carbocycles. The minimum atomic E-state index is -3.04. The number of sulfone groups is 1. The van der Waals surface area contributed by atoms with Gasteiger partial charge in [-0.3, -0.25) is 9.59 Å². The molecule has 3 fully saturated rings. The zero-order valence-corrected chi connectivity index (χ0v) is 13.1. The Bertz CT molecular complexity index is 542. The van der Waals surface area contributed by atoms with Crippen molar-refractivity contribution in [3.05, 3.63) is 0 Å². The van der Waals surface area contributed by atoms with E-state index < -0.39 is 9.84 Å². The van der Waals surface area contributed by atoms with Crippen molar-refractivity contribution in [2.75, 3.05) is 18.1 Å². The largest absolute Gasteiger partial charge is 0.339 e. The maximum atomic E-state index is 12.7. The predicted molar refractivity (Wildman–Crippen MR) is 78.5 cm³/mol. The van der Waals surface area contributed by atoms with Gasteiger partial charge >= 0.3 is 0 Å². The summed E-state index contributed by atoms with van der Waals surface area (Å²) < 4.78 is 23.2. The van der Waals surface area contributed by atoms with Gasteiger partial charge in [-0.05, 0) is 38.5 Å². The van der Waals surface area contributed by atoms with Crippen LogP contribution in [0.3, 0.4) is 0 Å². The Labute approximate surface area is 126 Å². The summed E-state index contributed by atoms with van der Waals surface area (Å²) in [6.45, 7) is 0.684. The molecule has 2 heterocycles. The molecule has 1 amide bonds. The monoisotopic (exact) mass is 313 g/mol. The van der Waals surface area contributed by atoms with Crippen LogP contribution in [0.1, 0.15) is 44.9 Å². The van der Waals surface area contributed by atoms with Gasteiger partial charge in [0.25, 0.3) is 0 Å². The van der Waals surface area contributed by atoms with Gasteiger partial charge in [-0.15, -0.1) is 0 Å². The van der Waals surface area contributed by atoms with Crippen molar-refractivity contribution in [3.8, 4) is 0 Å². The standard InChI is InChI=1S/C15H23NO4S/c17-14-6-3-4-12(14)13-5-1-2-8-16(13)15(18)11-7-9-21(19,20)10-11/h11-13H,1-10H2. The molecular formula is C15H23NO4S. The Morgan fingerprint density at radius 1 is 1.10 bits per heavy atom. The molecule has 1 aliphatic carbocycles. The van der Waals surface area contributed by atoms with Gasteiger partial charge < -0.3 is 4.90 Å². The summed E-state index contributed by atoms with van der Waals surface area (Å²) in [7, 11) is -3.04. The van der Waals surface area contributed by atoms with Crippen LogP contribution in [-0.4, -0.2) is 49.1 Å². The average Bonchev–Trinajstić information content (AvgIpc) is 3.03. The zero-order valence-electron chi connectivity index (χ0n) is 12.3. The molecule has 6 heteroatoms. The number of nitrogens with zero attached hydrogens (tertiary/aromatic N) is 1. The highest BCUT2D eigenvalue weighted by Gasteiger charge is 2.42. The van der Waals surface area contributed by atoms with Crippen LogP contribution in [0.4, 0.5) is 0 Å². The normalized spacial score (nSPS) is 36.1. The van der Waals surface area contributed by atoms with Crippen molar-refractivity contribution in [3.63, 3.8) is 0 Å². The highest BCUT2D eigenvalue weighted by atomic mass is 32.2. The Morgan fingerprint density at radius 3 is 2.52 bits per heavy atom. The predicted octanol–water partition coefficient (Wildman–Crippen LogP) is 1.17. The number of hydrogen-bond donors (Lipinski definition) is 0. The van der Waals surface area contributed by atoms with Crippen molar-refractivity contribution in [2.24, 2.45) is 11.8 Å². The quantitative estimate of drug-likeness (QED) is 0.767. The van der Waals surface area contributed by atoms with Gasteiger partial charge in [-0.1, -0.05) is 0 Å². The summed E-state index contributed by atoms with van der Waals surface area (Å²) in [6, 6.07) is 0.0181. The van der Waals surface area contributed by atoms with Gasteiger partial charge in [0, 0.05) is 24.9 Å². The second-order valence-corrected chi connectivity index (χ2v) is 8.89. The molecule has 0 spiro atoms. The van der Waals surface area contributed by atoms with Crippen molar-refractivity contribution in [2.45, 2.75) is 51.0 Å². The van der Waals surface area contributed by atoms with Crippen LogP contribution >= 0.6 is 0 Å². The number of rotatable bonds is 2. The van der Waals surface area contributed by atoms with Crippen LogP contribution < -0.4 is 0 Å². The molecule has 0 N–H and O–H groups in total. The highest BCUT2D eigenvalue weighted by Crippen LogP contribution is 2.34. The second-order valence-electron chi connectivity index (χ2n) is 6.66. The van der Waals surface area contributed by atoms with E-state index in [4.69, 9.17) is 0 Å². The Morgan fingerprint density at radius 2 is 1.90 bits per heavy atom. The fourth-order valence-corrected chi connectivity index (χ4v) is 5.86. The van der Waals surface area contributed by atoms with Crippen LogP contribution in [0, 0.1) is 11.8 Å². The summed E-state index contributed by atoms with van der Waals surface area (Å²) >= 11 is 0. The van der Waals surface area contributed by atoms with Gasteiger partial charge in [0.1, 0.15) is 5.78 Å². The summed E-state index contributed by atoms with van der Waals surface area (Å²) in [5, 5.41) is 0. The second kappa shape index (κ2) is 5.71. The lowest BCUT2D eigenvalue weighted by atomic mass is 9.87. The molecule has 5 nitrogen and oxygen atoms in total. The van der Waals surface area contributed by atoms with E-state index in [0.29, 0.717) is 25.2 Å². The molecular weight excluding hydrogens is 290 g/mol. The van der Waals surface area contributed by atoms with Crippen molar-refractivity contribution in [1.82, 2.24) is 4.90 Å². The van der Waals surface area contributed by atoms with E-state index >= 15 is 0 Å². The van der Waals surface area contributed by atoms with Gasteiger partial charge in [-0.25, -0.2) is 8.42 Å². The molecule has 3 rings (SSSR count). The van der Waals surface area contributed by atoms with Crippen molar-refractivity contribution < 1.29 is 18.0 Å². The molecule has 2 aliphatic heterocycles. The first kappa shape index (κ1) is 15.0. The summed E-state index contributed by atoms with van der Waals surface area (Å²) in [5.41, 5.74) is 0. The minimum absolute atomic E-state index is 0.00628. The van der Waals surface area contributed by atoms with E-state index in [1.54, 1.807) is 0 Å². The SMILES string of the molecule is O=C1CCCC1C1CCCCN1C(=O)C1CCS(=O)(=O)C1. The molecule has 1 saturated carbocycles. The molecule has 0 radical (unpaired) electrons. The Kier molecular flexibility index (Phi) is 4.08. The number of carbonyl (C=O) groups is 2. The first-order valence-electron chi connectivity index (χ1n) is 8.01. The number of likely N-dealkylation sites (tertiary alicyclic amines) is 1. The lowest BCUT2D eigenvalue weighted by molar-refractivity contribution is -0.141. The van der Waals surface area contributed by atoms with Gasteiger partial charge in [-0.2, -0.15) is 0 Å². The maximum absolute atomic E-state index is 12.7. The molecule has 21 heavy (non-hydrogen) atoms. The molecule has 0 bridgehead atoms. The third-order valence-electron chi connectivity index (χ3n) is 5.23. The number of piperidine rings is 1. The van der Waals surface area contributed by atoms with Gasteiger partial charge in [0.15, 0.2) is 9.84 Å². The summed E-state index contributed by atoms with van der Waals surface area (Å²) in [5.74, 6) is -0.00336. The van der Waals surface area contributed by atoms with Crippen LogP contribution in [0.15, 0.2) is 0 Å². The van der Waals surface area contributed by atoms with E-state index in [1.807, 2.05) is 4.90 Å². The smallest absolute Gasteiger partial charge is 0.227 e. The molecule has 0 aromatic rings. The fraction of sp³-hybridized carbons (Fsp3) is 0.867. The minimum Gasteiger partial charge on any atom is -0.339 e.